The number of hydrogen-bond donors (Lipinski definition) is 1. The summed E-state index contributed by atoms with van der Waals surface area (Å²) in [6, 6.07) is 6.87. The van der Waals surface area contributed by atoms with E-state index in [0.717, 1.165) is 31.5 Å². The molecule has 0 spiro atoms. The predicted octanol–water partition coefficient (Wildman–Crippen LogP) is 0.936. The molecule has 1 heterocycles. The number of benzene rings is 1. The number of rotatable bonds is 5. The van der Waals surface area contributed by atoms with Gasteiger partial charge in [-0.25, -0.2) is 8.42 Å². The molecule has 21 heavy (non-hydrogen) atoms. The maximum absolute atomic E-state index is 12.6. The Morgan fingerprint density at radius 3 is 2.33 bits per heavy atom. The molecule has 1 N–H and O–H groups in total. The van der Waals surface area contributed by atoms with E-state index in [2.05, 4.69) is 11.9 Å². The van der Waals surface area contributed by atoms with Crippen LogP contribution in [0.5, 0.6) is 0 Å². The molecule has 0 radical (unpaired) electrons. The molecule has 1 aliphatic rings. The van der Waals surface area contributed by atoms with E-state index in [0.29, 0.717) is 11.3 Å². The van der Waals surface area contributed by atoms with Crippen LogP contribution in [0.1, 0.15) is 18.4 Å². The van der Waals surface area contributed by atoms with Gasteiger partial charge in [-0.05, 0) is 57.1 Å². The molecule has 2 rings (SSSR count). The molecule has 0 aromatic heterocycles. The smallest absolute Gasteiger partial charge is 0.243 e. The van der Waals surface area contributed by atoms with Crippen molar-refractivity contribution in [3.05, 3.63) is 29.8 Å². The molecule has 1 saturated heterocycles. The third-order valence-corrected chi connectivity index (χ3v) is 6.13. The Morgan fingerprint density at radius 2 is 1.81 bits per heavy atom. The summed E-state index contributed by atoms with van der Waals surface area (Å²) in [6.45, 7) is 1.93. The van der Waals surface area contributed by atoms with Gasteiger partial charge in [-0.1, -0.05) is 12.1 Å². The van der Waals surface area contributed by atoms with Gasteiger partial charge in [-0.3, -0.25) is 0 Å². The number of hydrogen-bond acceptors (Lipinski definition) is 4. The van der Waals surface area contributed by atoms with Crippen molar-refractivity contribution < 1.29 is 13.5 Å². The Kier molecular flexibility index (Phi) is 5.37. The summed E-state index contributed by atoms with van der Waals surface area (Å²) in [5.41, 5.74) is 0.943. The third-order valence-electron chi connectivity index (χ3n) is 4.20. The van der Waals surface area contributed by atoms with Crippen molar-refractivity contribution >= 4 is 10.0 Å². The number of likely N-dealkylation sites (tertiary alicyclic amines) is 1. The average molecular weight is 312 g/mol. The van der Waals surface area contributed by atoms with Gasteiger partial charge in [-0.15, -0.1) is 0 Å². The van der Waals surface area contributed by atoms with E-state index in [1.54, 1.807) is 31.3 Å². The number of sulfonamides is 1. The highest BCUT2D eigenvalue weighted by Crippen LogP contribution is 2.22. The van der Waals surface area contributed by atoms with Crippen molar-refractivity contribution in [2.45, 2.75) is 30.2 Å². The zero-order chi connectivity index (χ0) is 15.5. The van der Waals surface area contributed by atoms with E-state index in [1.807, 2.05) is 0 Å². The average Bonchev–Trinajstić information content (AvgIpc) is 2.48. The monoisotopic (exact) mass is 312 g/mol. The molecule has 5 nitrogen and oxygen atoms in total. The van der Waals surface area contributed by atoms with Crippen LogP contribution in [0.2, 0.25) is 0 Å². The first kappa shape index (κ1) is 16.4. The number of aliphatic hydroxyl groups is 1. The summed E-state index contributed by atoms with van der Waals surface area (Å²) in [5.74, 6) is 0. The van der Waals surface area contributed by atoms with E-state index in [-0.39, 0.29) is 12.6 Å². The Morgan fingerprint density at radius 1 is 1.24 bits per heavy atom. The molecule has 0 aliphatic carbocycles. The Labute approximate surface area is 127 Å². The largest absolute Gasteiger partial charge is 0.396 e. The summed E-state index contributed by atoms with van der Waals surface area (Å²) in [7, 11) is 0.298. The second kappa shape index (κ2) is 6.87. The highest BCUT2D eigenvalue weighted by molar-refractivity contribution is 7.89. The first-order valence-corrected chi connectivity index (χ1v) is 8.75. The van der Waals surface area contributed by atoms with Crippen LogP contribution in [-0.4, -0.2) is 62.6 Å². The van der Waals surface area contributed by atoms with Crippen LogP contribution in [-0.2, 0) is 16.4 Å². The molecule has 1 aromatic rings. The summed E-state index contributed by atoms with van der Waals surface area (Å²) in [5, 5.41) is 8.90. The van der Waals surface area contributed by atoms with E-state index in [9.17, 15) is 8.42 Å². The van der Waals surface area contributed by atoms with Crippen LogP contribution in [0.15, 0.2) is 29.2 Å². The maximum atomic E-state index is 12.6. The van der Waals surface area contributed by atoms with Gasteiger partial charge < -0.3 is 10.0 Å². The quantitative estimate of drug-likeness (QED) is 0.879. The van der Waals surface area contributed by atoms with Gasteiger partial charge in [-0.2, -0.15) is 4.31 Å². The van der Waals surface area contributed by atoms with Crippen molar-refractivity contribution in [2.24, 2.45) is 0 Å². The molecule has 0 atom stereocenters. The van der Waals surface area contributed by atoms with Crippen molar-refractivity contribution in [1.29, 1.82) is 0 Å². The maximum Gasteiger partial charge on any atom is 0.243 e. The predicted molar refractivity (Wildman–Crippen MR) is 82.7 cm³/mol. The normalized spacial score (nSPS) is 18.3. The molecule has 0 bridgehead atoms. The number of piperidine rings is 1. The van der Waals surface area contributed by atoms with Crippen LogP contribution in [0, 0.1) is 0 Å². The minimum absolute atomic E-state index is 0.0710. The molecule has 0 amide bonds. The summed E-state index contributed by atoms with van der Waals surface area (Å²) < 4.78 is 26.8. The van der Waals surface area contributed by atoms with E-state index >= 15 is 0 Å². The first-order valence-electron chi connectivity index (χ1n) is 7.31. The molecule has 6 heteroatoms. The van der Waals surface area contributed by atoms with Gasteiger partial charge >= 0.3 is 0 Å². The second-order valence-corrected chi connectivity index (χ2v) is 7.67. The molecule has 1 aliphatic heterocycles. The van der Waals surface area contributed by atoms with Gasteiger partial charge in [0, 0.05) is 19.7 Å². The van der Waals surface area contributed by atoms with Gasteiger partial charge in [0.2, 0.25) is 10.0 Å². The topological polar surface area (TPSA) is 60.9 Å². The molecular formula is C15H24N2O3S. The molecular weight excluding hydrogens is 288 g/mol. The van der Waals surface area contributed by atoms with E-state index in [4.69, 9.17) is 5.11 Å². The summed E-state index contributed by atoms with van der Waals surface area (Å²) in [6.07, 6.45) is 2.29. The minimum atomic E-state index is -3.44. The zero-order valence-corrected chi connectivity index (χ0v) is 13.5. The lowest BCUT2D eigenvalue weighted by atomic mass is 10.1. The van der Waals surface area contributed by atoms with Crippen LogP contribution in [0.25, 0.3) is 0 Å². The molecule has 1 aromatic carbocycles. The SMILES string of the molecule is CN1CCC(N(C)S(=O)(=O)c2ccc(CCO)cc2)CC1. The Hall–Kier alpha value is -0.950. The van der Waals surface area contributed by atoms with Crippen LogP contribution in [0.3, 0.4) is 0 Å². The lowest BCUT2D eigenvalue weighted by Gasteiger charge is -2.34. The highest BCUT2D eigenvalue weighted by atomic mass is 32.2. The van der Waals surface area contributed by atoms with E-state index in [1.165, 1.54) is 4.31 Å². The summed E-state index contributed by atoms with van der Waals surface area (Å²) in [4.78, 5) is 2.55. The lowest BCUT2D eigenvalue weighted by molar-refractivity contribution is 0.197. The fourth-order valence-electron chi connectivity index (χ4n) is 2.68. The van der Waals surface area contributed by atoms with Gasteiger partial charge in [0.05, 0.1) is 4.90 Å². The van der Waals surface area contributed by atoms with Crippen LogP contribution >= 0.6 is 0 Å². The number of aliphatic hydroxyl groups excluding tert-OH is 1. The van der Waals surface area contributed by atoms with E-state index < -0.39 is 10.0 Å². The Bertz CT molecular complexity index is 549. The fourth-order valence-corrected chi connectivity index (χ4v) is 4.09. The standard InChI is InChI=1S/C15H24N2O3S/c1-16-10-7-14(8-11-16)17(2)21(19,20)15-5-3-13(4-6-15)9-12-18/h3-6,14,18H,7-12H2,1-2H3. The van der Waals surface area contributed by atoms with Crippen molar-refractivity contribution in [3.63, 3.8) is 0 Å². The lowest BCUT2D eigenvalue weighted by Crippen LogP contribution is -2.44. The van der Waals surface area contributed by atoms with Crippen molar-refractivity contribution in [2.75, 3.05) is 33.8 Å². The zero-order valence-electron chi connectivity index (χ0n) is 12.7. The third kappa shape index (κ3) is 3.83. The van der Waals surface area contributed by atoms with Crippen LogP contribution < -0.4 is 0 Å². The van der Waals surface area contributed by atoms with Crippen molar-refractivity contribution in [1.82, 2.24) is 9.21 Å². The van der Waals surface area contributed by atoms with Crippen LogP contribution in [0.4, 0.5) is 0 Å². The summed E-state index contributed by atoms with van der Waals surface area (Å²) >= 11 is 0. The number of nitrogens with zero attached hydrogens (tertiary/aromatic N) is 2. The van der Waals surface area contributed by atoms with Gasteiger partial charge in [0.25, 0.3) is 0 Å². The van der Waals surface area contributed by atoms with Gasteiger partial charge in [0.1, 0.15) is 0 Å². The molecule has 1 fully saturated rings. The molecule has 0 saturated carbocycles. The molecule has 118 valence electrons. The fraction of sp³-hybridized carbons (Fsp3) is 0.600. The van der Waals surface area contributed by atoms with Gasteiger partial charge in [0.15, 0.2) is 0 Å². The second-order valence-electron chi connectivity index (χ2n) is 5.67. The van der Waals surface area contributed by atoms with Crippen molar-refractivity contribution in [3.8, 4) is 0 Å². The first-order chi connectivity index (χ1) is 9.95. The highest BCUT2D eigenvalue weighted by Gasteiger charge is 2.29. The molecule has 0 unspecified atom stereocenters. The Balaban J connectivity index is 2.13. The minimum Gasteiger partial charge on any atom is -0.396 e.